The van der Waals surface area contributed by atoms with E-state index < -0.39 is 5.82 Å². The Kier molecular flexibility index (Phi) is 6.02. The standard InChI is InChI=1S/C25H30FNO4/c1-4-5-15(11-16-6-8-20(28)19(26)12-16)7-9-21-22-14(2)10-17-23(18(22)13-31-21)25(30)27(3)24(17)29/h6,8,11-12,17-18,21,23,28H,4-5,7,9-10,13H2,1-3H3/b15-11+/t17-,18+,21-,23-/m1/s1. The van der Waals surface area contributed by atoms with Crippen molar-refractivity contribution in [3.05, 3.63) is 46.3 Å². The van der Waals surface area contributed by atoms with E-state index in [0.717, 1.165) is 31.2 Å². The summed E-state index contributed by atoms with van der Waals surface area (Å²) in [5.74, 6) is -1.63. The molecule has 6 heteroatoms. The third-order valence-electron chi connectivity index (χ3n) is 7.01. The number of hydrogen-bond donors (Lipinski definition) is 1. The molecule has 2 amide bonds. The van der Waals surface area contributed by atoms with E-state index in [2.05, 4.69) is 13.8 Å². The highest BCUT2D eigenvalue weighted by Gasteiger charge is 2.55. The number of ether oxygens (including phenoxy) is 1. The molecule has 5 nitrogen and oxygen atoms in total. The van der Waals surface area contributed by atoms with Crippen molar-refractivity contribution in [1.82, 2.24) is 4.90 Å². The van der Waals surface area contributed by atoms with Crippen LogP contribution in [-0.2, 0) is 14.3 Å². The largest absolute Gasteiger partial charge is 0.505 e. The van der Waals surface area contributed by atoms with Crippen LogP contribution in [0.5, 0.6) is 5.75 Å². The average Bonchev–Trinajstić information content (AvgIpc) is 3.25. The smallest absolute Gasteiger partial charge is 0.233 e. The number of halogens is 1. The molecule has 1 aromatic carbocycles. The molecule has 4 atom stereocenters. The number of imide groups is 1. The summed E-state index contributed by atoms with van der Waals surface area (Å²) < 4.78 is 19.9. The summed E-state index contributed by atoms with van der Waals surface area (Å²) in [4.78, 5) is 26.4. The van der Waals surface area contributed by atoms with Gasteiger partial charge in [-0.2, -0.15) is 0 Å². The van der Waals surface area contributed by atoms with Crippen molar-refractivity contribution in [3.8, 4) is 5.75 Å². The zero-order valence-electron chi connectivity index (χ0n) is 18.4. The number of phenols is 1. The fraction of sp³-hybridized carbons (Fsp3) is 0.520. The Morgan fingerprint density at radius 1 is 1.26 bits per heavy atom. The van der Waals surface area contributed by atoms with E-state index >= 15 is 0 Å². The number of rotatable bonds is 6. The molecular weight excluding hydrogens is 397 g/mol. The molecule has 0 bridgehead atoms. The number of benzene rings is 1. The maximum Gasteiger partial charge on any atom is 0.233 e. The molecule has 0 saturated carbocycles. The second-order valence-corrected chi connectivity index (χ2v) is 9.04. The van der Waals surface area contributed by atoms with Crippen molar-refractivity contribution in [2.45, 2.75) is 52.1 Å². The minimum absolute atomic E-state index is 0.00468. The van der Waals surface area contributed by atoms with Crippen LogP contribution in [0.4, 0.5) is 4.39 Å². The van der Waals surface area contributed by atoms with Gasteiger partial charge in [-0.3, -0.25) is 14.5 Å². The van der Waals surface area contributed by atoms with Crippen LogP contribution in [0, 0.1) is 23.6 Å². The highest BCUT2D eigenvalue weighted by Crippen LogP contribution is 2.49. The second-order valence-electron chi connectivity index (χ2n) is 9.04. The van der Waals surface area contributed by atoms with E-state index in [1.54, 1.807) is 13.1 Å². The number of carbonyl (C=O) groups excluding carboxylic acids is 2. The molecule has 166 valence electrons. The molecular formula is C25H30FNO4. The topological polar surface area (TPSA) is 66.8 Å². The lowest BCUT2D eigenvalue weighted by molar-refractivity contribution is -0.138. The third-order valence-corrected chi connectivity index (χ3v) is 7.01. The molecule has 1 N–H and O–H groups in total. The first-order chi connectivity index (χ1) is 14.8. The Morgan fingerprint density at radius 2 is 2.03 bits per heavy atom. The quantitative estimate of drug-likeness (QED) is 0.538. The fourth-order valence-electron chi connectivity index (χ4n) is 5.54. The molecule has 3 aliphatic rings. The summed E-state index contributed by atoms with van der Waals surface area (Å²) >= 11 is 0. The maximum absolute atomic E-state index is 13.7. The predicted molar refractivity (Wildman–Crippen MR) is 115 cm³/mol. The Balaban J connectivity index is 1.50. The Morgan fingerprint density at radius 3 is 2.74 bits per heavy atom. The van der Waals surface area contributed by atoms with Gasteiger partial charge in [0.05, 0.1) is 24.5 Å². The zero-order valence-corrected chi connectivity index (χ0v) is 18.4. The van der Waals surface area contributed by atoms with E-state index in [0.29, 0.717) is 13.0 Å². The lowest BCUT2D eigenvalue weighted by Crippen LogP contribution is -2.33. The Hall–Kier alpha value is -2.47. The lowest BCUT2D eigenvalue weighted by Gasteiger charge is -2.30. The second kappa shape index (κ2) is 8.58. The minimum atomic E-state index is -0.621. The normalized spacial score (nSPS) is 28.4. The third kappa shape index (κ3) is 3.93. The molecule has 2 heterocycles. The van der Waals surface area contributed by atoms with Crippen LogP contribution in [0.1, 0.15) is 51.5 Å². The molecule has 1 aliphatic carbocycles. The highest BCUT2D eigenvalue weighted by molar-refractivity contribution is 6.05. The molecule has 0 spiro atoms. The molecule has 31 heavy (non-hydrogen) atoms. The van der Waals surface area contributed by atoms with Gasteiger partial charge in [-0.1, -0.05) is 36.6 Å². The fourth-order valence-corrected chi connectivity index (χ4v) is 5.54. The predicted octanol–water partition coefficient (Wildman–Crippen LogP) is 4.46. The number of hydrogen-bond acceptors (Lipinski definition) is 4. The van der Waals surface area contributed by atoms with E-state index in [1.165, 1.54) is 33.8 Å². The van der Waals surface area contributed by atoms with Gasteiger partial charge in [0.2, 0.25) is 11.8 Å². The minimum Gasteiger partial charge on any atom is -0.505 e. The van der Waals surface area contributed by atoms with E-state index in [9.17, 15) is 19.1 Å². The van der Waals surface area contributed by atoms with Gasteiger partial charge in [0.15, 0.2) is 11.6 Å². The van der Waals surface area contributed by atoms with Crippen molar-refractivity contribution < 1.29 is 23.8 Å². The first kappa shape index (κ1) is 21.8. The number of phenolic OH excluding ortho intramolecular Hbond substituents is 1. The van der Waals surface area contributed by atoms with Gasteiger partial charge >= 0.3 is 0 Å². The van der Waals surface area contributed by atoms with Gasteiger partial charge in [-0.25, -0.2) is 4.39 Å². The van der Waals surface area contributed by atoms with E-state index in [4.69, 9.17) is 4.74 Å². The van der Waals surface area contributed by atoms with Crippen molar-refractivity contribution in [1.29, 1.82) is 0 Å². The SMILES string of the molecule is CCC/C(=C\c1ccc(O)c(F)c1)CC[C@H]1OC[C@H]2C1=C(C)C[C@H]1C(=O)N(C)C(=O)[C@H]12. The van der Waals surface area contributed by atoms with Crippen LogP contribution < -0.4 is 0 Å². The number of allylic oxidation sites excluding steroid dienone is 2. The summed E-state index contributed by atoms with van der Waals surface area (Å²) in [6, 6.07) is 4.43. The Labute approximate surface area is 182 Å². The summed E-state index contributed by atoms with van der Waals surface area (Å²) in [5, 5.41) is 9.41. The molecule has 0 unspecified atom stereocenters. The molecule has 2 fully saturated rings. The number of likely N-dealkylation sites (tertiary alicyclic amines) is 1. The van der Waals surface area contributed by atoms with Crippen LogP contribution >= 0.6 is 0 Å². The van der Waals surface area contributed by atoms with Crippen molar-refractivity contribution in [2.75, 3.05) is 13.7 Å². The summed E-state index contributed by atoms with van der Waals surface area (Å²) in [6.45, 7) is 4.67. The Bertz CT molecular complexity index is 966. The highest BCUT2D eigenvalue weighted by atomic mass is 19.1. The first-order valence-electron chi connectivity index (χ1n) is 11.1. The van der Waals surface area contributed by atoms with Gasteiger partial charge in [0.25, 0.3) is 0 Å². The van der Waals surface area contributed by atoms with Gasteiger partial charge in [0.1, 0.15) is 0 Å². The van der Waals surface area contributed by atoms with Gasteiger partial charge in [-0.15, -0.1) is 0 Å². The van der Waals surface area contributed by atoms with Crippen molar-refractivity contribution in [2.24, 2.45) is 17.8 Å². The molecule has 2 saturated heterocycles. The number of aromatic hydroxyl groups is 1. The summed E-state index contributed by atoms with van der Waals surface area (Å²) in [5.41, 5.74) is 4.34. The number of fused-ring (bicyclic) bond motifs is 3. The molecule has 4 rings (SSSR count). The first-order valence-corrected chi connectivity index (χ1v) is 11.1. The monoisotopic (exact) mass is 427 g/mol. The van der Waals surface area contributed by atoms with Gasteiger partial charge in [-0.05, 0) is 55.9 Å². The van der Waals surface area contributed by atoms with Crippen molar-refractivity contribution >= 4 is 17.9 Å². The number of nitrogens with zero attached hydrogens (tertiary/aromatic N) is 1. The zero-order chi connectivity index (χ0) is 22.3. The molecule has 1 aromatic rings. The van der Waals surface area contributed by atoms with Gasteiger partial charge < -0.3 is 9.84 Å². The van der Waals surface area contributed by atoms with Crippen LogP contribution in [0.25, 0.3) is 6.08 Å². The van der Waals surface area contributed by atoms with Crippen LogP contribution in [-0.4, -0.2) is 41.6 Å². The lowest BCUT2D eigenvalue weighted by atomic mass is 9.70. The van der Waals surface area contributed by atoms with Gasteiger partial charge in [0, 0.05) is 13.0 Å². The summed E-state index contributed by atoms with van der Waals surface area (Å²) in [6.07, 6.45) is 6.07. The number of amides is 2. The van der Waals surface area contributed by atoms with Crippen molar-refractivity contribution in [3.63, 3.8) is 0 Å². The summed E-state index contributed by atoms with van der Waals surface area (Å²) in [7, 11) is 1.58. The molecule has 0 aromatic heterocycles. The van der Waals surface area contributed by atoms with E-state index in [1.807, 2.05) is 6.08 Å². The van der Waals surface area contributed by atoms with Crippen LogP contribution in [0.15, 0.2) is 34.9 Å². The van der Waals surface area contributed by atoms with Crippen LogP contribution in [0.3, 0.4) is 0 Å². The molecule has 2 aliphatic heterocycles. The maximum atomic E-state index is 13.7. The average molecular weight is 428 g/mol. The molecule has 0 radical (unpaired) electrons. The van der Waals surface area contributed by atoms with Crippen LogP contribution in [0.2, 0.25) is 0 Å². The number of carbonyl (C=O) groups is 2. The van der Waals surface area contributed by atoms with E-state index in [-0.39, 0.29) is 41.4 Å².